The van der Waals surface area contributed by atoms with Crippen molar-refractivity contribution in [1.29, 1.82) is 0 Å². The molecule has 0 atom stereocenters. The Balaban J connectivity index is 2.44. The van der Waals surface area contributed by atoms with Gasteiger partial charge in [0.25, 0.3) is 0 Å². The van der Waals surface area contributed by atoms with Crippen LogP contribution in [0.3, 0.4) is 0 Å². The highest BCUT2D eigenvalue weighted by atomic mass is 19.2. The smallest absolute Gasteiger partial charge is 0.303 e. The van der Waals surface area contributed by atoms with Crippen LogP contribution in [0, 0.1) is 5.41 Å². The molecule has 2 nitrogen and oxygen atoms in total. The van der Waals surface area contributed by atoms with Gasteiger partial charge in [0.05, 0.1) is 0 Å². The highest BCUT2D eigenvalue weighted by Gasteiger charge is 2.56. The molecule has 0 aromatic carbocycles. The van der Waals surface area contributed by atoms with Gasteiger partial charge in [0.1, 0.15) is 5.83 Å². The normalized spacial score (nSPS) is 37.4. The zero-order chi connectivity index (χ0) is 12.0. The molecule has 3 aliphatic carbocycles. The van der Waals surface area contributed by atoms with E-state index in [1.165, 1.54) is 13.0 Å². The summed E-state index contributed by atoms with van der Waals surface area (Å²) in [5.74, 6) is -2.29. The second-order valence-electron chi connectivity index (χ2n) is 4.58. The van der Waals surface area contributed by atoms with Gasteiger partial charge >= 0.3 is 5.97 Å². The van der Waals surface area contributed by atoms with Gasteiger partial charge in [-0.1, -0.05) is 6.08 Å². The lowest BCUT2D eigenvalue weighted by Gasteiger charge is -2.48. The molecule has 0 radical (unpaired) electrons. The van der Waals surface area contributed by atoms with Crippen LogP contribution in [0.25, 0.3) is 0 Å². The van der Waals surface area contributed by atoms with Gasteiger partial charge in [-0.3, -0.25) is 4.79 Å². The van der Waals surface area contributed by atoms with Crippen molar-refractivity contribution >= 4 is 5.97 Å². The lowest BCUT2D eigenvalue weighted by Crippen LogP contribution is -2.48. The summed E-state index contributed by atoms with van der Waals surface area (Å²) in [6.07, 6.45) is 3.03. The third-order valence-electron chi connectivity index (χ3n) is 3.71. The fourth-order valence-electron chi connectivity index (χ4n) is 2.67. The molecule has 2 bridgehead atoms. The Hall–Kier alpha value is -1.19. The lowest BCUT2D eigenvalue weighted by atomic mass is 9.62. The van der Waals surface area contributed by atoms with Crippen LogP contribution >= 0.6 is 0 Å². The van der Waals surface area contributed by atoms with Crippen LogP contribution in [0.15, 0.2) is 24.3 Å². The monoisotopic (exact) mass is 228 g/mol. The number of hydrogen-bond donors (Lipinski definition) is 0. The maximum atomic E-state index is 13.9. The summed E-state index contributed by atoms with van der Waals surface area (Å²) in [4.78, 5) is 10.9. The first-order valence-electron chi connectivity index (χ1n) is 5.35. The summed E-state index contributed by atoms with van der Waals surface area (Å²) in [6.45, 7) is 4.78. The highest BCUT2D eigenvalue weighted by molar-refractivity contribution is 5.67. The molecule has 0 N–H and O–H groups in total. The second-order valence-corrected chi connectivity index (χ2v) is 4.58. The Morgan fingerprint density at radius 1 is 1.31 bits per heavy atom. The molecule has 16 heavy (non-hydrogen) atoms. The van der Waals surface area contributed by atoms with E-state index in [-0.39, 0.29) is 0 Å². The van der Waals surface area contributed by atoms with Gasteiger partial charge in [0.15, 0.2) is 11.4 Å². The number of ether oxygens (including phenoxy) is 1. The van der Waals surface area contributed by atoms with E-state index < -0.39 is 28.6 Å². The fourth-order valence-corrected chi connectivity index (χ4v) is 2.67. The zero-order valence-electron chi connectivity index (χ0n) is 9.19. The number of allylic oxidation sites excluding steroid dienone is 2. The van der Waals surface area contributed by atoms with E-state index in [4.69, 9.17) is 4.74 Å². The average molecular weight is 228 g/mol. The van der Waals surface area contributed by atoms with Crippen molar-refractivity contribution in [3.63, 3.8) is 0 Å². The van der Waals surface area contributed by atoms with Crippen LogP contribution in [-0.2, 0) is 9.53 Å². The van der Waals surface area contributed by atoms with E-state index in [1.54, 1.807) is 0 Å². The Morgan fingerprint density at radius 3 is 2.31 bits per heavy atom. The largest absolute Gasteiger partial charge is 0.452 e. The van der Waals surface area contributed by atoms with Crippen LogP contribution in [0.1, 0.15) is 32.6 Å². The van der Waals surface area contributed by atoms with Gasteiger partial charge in [0.2, 0.25) is 0 Å². The van der Waals surface area contributed by atoms with Crippen molar-refractivity contribution in [1.82, 2.24) is 0 Å². The Kier molecular flexibility index (Phi) is 2.40. The summed E-state index contributed by atoms with van der Waals surface area (Å²) in [7, 11) is 0. The molecule has 4 heteroatoms. The van der Waals surface area contributed by atoms with E-state index in [0.29, 0.717) is 25.7 Å². The van der Waals surface area contributed by atoms with Crippen LogP contribution < -0.4 is 0 Å². The molecule has 3 aliphatic rings. The first kappa shape index (κ1) is 11.3. The van der Waals surface area contributed by atoms with Gasteiger partial charge in [0, 0.05) is 12.3 Å². The minimum Gasteiger partial charge on any atom is -0.452 e. The molecule has 0 aromatic rings. The van der Waals surface area contributed by atoms with E-state index in [1.807, 2.05) is 0 Å². The molecule has 0 aliphatic heterocycles. The minimum atomic E-state index is -1.35. The molecule has 88 valence electrons. The molecule has 0 saturated heterocycles. The van der Waals surface area contributed by atoms with Gasteiger partial charge in [-0.15, -0.1) is 6.58 Å². The molecule has 0 heterocycles. The number of rotatable bonds is 2. The summed E-state index contributed by atoms with van der Waals surface area (Å²) >= 11 is 0. The summed E-state index contributed by atoms with van der Waals surface area (Å²) in [5.41, 5.74) is -2.22. The zero-order valence-corrected chi connectivity index (χ0v) is 9.19. The van der Waals surface area contributed by atoms with Crippen molar-refractivity contribution in [3.05, 3.63) is 24.3 Å². The predicted molar refractivity (Wildman–Crippen MR) is 54.8 cm³/mol. The van der Waals surface area contributed by atoms with Crippen molar-refractivity contribution in [2.24, 2.45) is 5.41 Å². The standard InChI is InChI=1S/C12H14F2O2/c1-3-11-4-6-12(7-5-11,16-8(2)15)10(14)9(11)13/h3H,1,4-7H2,2H3. The molecule has 0 unspecified atom stereocenters. The Labute approximate surface area is 93.0 Å². The topological polar surface area (TPSA) is 26.3 Å². The summed E-state index contributed by atoms with van der Waals surface area (Å²) < 4.78 is 32.8. The average Bonchev–Trinajstić information content (AvgIpc) is 2.26. The van der Waals surface area contributed by atoms with E-state index in [2.05, 4.69) is 6.58 Å². The number of halogens is 2. The second kappa shape index (κ2) is 3.40. The maximum Gasteiger partial charge on any atom is 0.303 e. The first-order chi connectivity index (χ1) is 7.46. The van der Waals surface area contributed by atoms with Gasteiger partial charge in [-0.05, 0) is 25.7 Å². The van der Waals surface area contributed by atoms with E-state index in [9.17, 15) is 13.6 Å². The van der Waals surface area contributed by atoms with Crippen LogP contribution in [0.5, 0.6) is 0 Å². The van der Waals surface area contributed by atoms with Gasteiger partial charge < -0.3 is 4.74 Å². The Morgan fingerprint density at radius 2 is 1.88 bits per heavy atom. The van der Waals surface area contributed by atoms with Crippen molar-refractivity contribution in [3.8, 4) is 0 Å². The summed E-state index contributed by atoms with van der Waals surface area (Å²) in [5, 5.41) is 0. The molecular weight excluding hydrogens is 214 g/mol. The summed E-state index contributed by atoms with van der Waals surface area (Å²) in [6, 6.07) is 0. The third kappa shape index (κ3) is 1.32. The maximum absolute atomic E-state index is 13.9. The van der Waals surface area contributed by atoms with Crippen molar-refractivity contribution < 1.29 is 18.3 Å². The molecular formula is C12H14F2O2. The molecule has 0 amide bonds. The fraction of sp³-hybridized carbons (Fsp3) is 0.583. The number of carbonyl (C=O) groups is 1. The minimum absolute atomic E-state index is 0.331. The highest BCUT2D eigenvalue weighted by Crippen LogP contribution is 2.58. The van der Waals surface area contributed by atoms with Crippen LogP contribution in [0.2, 0.25) is 0 Å². The lowest BCUT2D eigenvalue weighted by molar-refractivity contribution is -0.162. The number of carbonyl (C=O) groups excluding carboxylic acids is 1. The number of esters is 1. The van der Waals surface area contributed by atoms with Crippen LogP contribution in [0.4, 0.5) is 8.78 Å². The quantitative estimate of drug-likeness (QED) is 0.536. The third-order valence-corrected chi connectivity index (χ3v) is 3.71. The number of hydrogen-bond acceptors (Lipinski definition) is 2. The molecule has 1 saturated carbocycles. The predicted octanol–water partition coefficient (Wildman–Crippen LogP) is 3.20. The van der Waals surface area contributed by atoms with E-state index >= 15 is 0 Å². The first-order valence-corrected chi connectivity index (χ1v) is 5.35. The molecule has 3 rings (SSSR count). The Bertz CT molecular complexity index is 376. The van der Waals surface area contributed by atoms with Gasteiger partial charge in [-0.25, -0.2) is 8.78 Å². The molecule has 0 spiro atoms. The van der Waals surface area contributed by atoms with E-state index in [0.717, 1.165) is 0 Å². The SMILES string of the molecule is C=CC12CCC(OC(C)=O)(CC1)C(F)=C2F. The molecule has 0 aromatic heterocycles. The van der Waals surface area contributed by atoms with Gasteiger partial charge in [-0.2, -0.15) is 0 Å². The van der Waals surface area contributed by atoms with Crippen molar-refractivity contribution in [2.75, 3.05) is 0 Å². The molecule has 1 fully saturated rings. The van der Waals surface area contributed by atoms with Crippen molar-refractivity contribution in [2.45, 2.75) is 38.2 Å². The van der Waals surface area contributed by atoms with Crippen LogP contribution in [-0.4, -0.2) is 11.6 Å². The number of fused-ring (bicyclic) bond motifs is 2.